The van der Waals surface area contributed by atoms with Gasteiger partial charge in [0.25, 0.3) is 0 Å². The lowest BCUT2D eigenvalue weighted by atomic mass is 10.2. The van der Waals surface area contributed by atoms with Crippen molar-refractivity contribution in [3.05, 3.63) is 54.6 Å². The molecule has 1 amide bonds. The highest BCUT2D eigenvalue weighted by Gasteiger charge is 2.15. The summed E-state index contributed by atoms with van der Waals surface area (Å²) in [5, 5.41) is 2.70. The zero-order valence-corrected chi connectivity index (χ0v) is 15.0. The first-order valence-corrected chi connectivity index (χ1v) is 8.35. The summed E-state index contributed by atoms with van der Waals surface area (Å²) < 4.78 is 16.5. The topological polar surface area (TPSA) is 56.8 Å². The molecule has 5 nitrogen and oxygen atoms in total. The van der Waals surface area contributed by atoms with Gasteiger partial charge in [-0.2, -0.15) is 0 Å². The normalized spacial score (nSPS) is 10.8. The lowest BCUT2D eigenvalue weighted by Gasteiger charge is -2.19. The average Bonchev–Trinajstić information content (AvgIpc) is 2.55. The van der Waals surface area contributed by atoms with E-state index in [-0.39, 0.29) is 0 Å². The highest BCUT2D eigenvalue weighted by Crippen LogP contribution is 2.23. The van der Waals surface area contributed by atoms with Crippen molar-refractivity contribution < 1.29 is 19.0 Å². The van der Waals surface area contributed by atoms with E-state index >= 15 is 0 Å². The first kappa shape index (κ1) is 18.6. The van der Waals surface area contributed by atoms with Crippen LogP contribution in [0, 0.1) is 0 Å². The molecular weight excluding hydrogens is 318 g/mol. The molecule has 2 aromatic carbocycles. The molecule has 0 unspecified atom stereocenters. The van der Waals surface area contributed by atoms with E-state index < -0.39 is 11.7 Å². The third kappa shape index (κ3) is 7.61. The van der Waals surface area contributed by atoms with Gasteiger partial charge >= 0.3 is 6.09 Å². The molecule has 25 heavy (non-hydrogen) atoms. The molecule has 2 rings (SSSR count). The van der Waals surface area contributed by atoms with E-state index in [4.69, 9.17) is 14.2 Å². The number of rotatable bonds is 7. The SMILES string of the molecule is CC(C)(C)OC(=O)NCCCOc1ccc(Oc2ccccc2)cc1. The standard InChI is InChI=1S/C20H25NO4/c1-20(2,3)25-19(22)21-14-7-15-23-16-10-12-18(13-11-16)24-17-8-5-4-6-9-17/h4-6,8-13H,7,14-15H2,1-3H3,(H,21,22). The number of alkyl carbamates (subject to hydrolysis) is 1. The molecule has 0 spiro atoms. The van der Waals surface area contributed by atoms with Gasteiger partial charge in [-0.1, -0.05) is 18.2 Å². The Labute approximate surface area is 148 Å². The van der Waals surface area contributed by atoms with Gasteiger partial charge in [0, 0.05) is 6.54 Å². The van der Waals surface area contributed by atoms with E-state index in [0.717, 1.165) is 17.2 Å². The van der Waals surface area contributed by atoms with Crippen molar-refractivity contribution in [2.24, 2.45) is 0 Å². The first-order chi connectivity index (χ1) is 11.9. The summed E-state index contributed by atoms with van der Waals surface area (Å²) in [5.41, 5.74) is -0.482. The highest BCUT2D eigenvalue weighted by atomic mass is 16.6. The van der Waals surface area contributed by atoms with Crippen LogP contribution in [0.25, 0.3) is 0 Å². The summed E-state index contributed by atoms with van der Waals surface area (Å²) in [4.78, 5) is 11.5. The molecule has 0 aliphatic heterocycles. The number of nitrogens with one attached hydrogen (secondary N) is 1. The van der Waals surface area contributed by atoms with E-state index in [2.05, 4.69) is 5.32 Å². The van der Waals surface area contributed by atoms with Crippen molar-refractivity contribution in [3.8, 4) is 17.2 Å². The summed E-state index contributed by atoms with van der Waals surface area (Å²) in [6.07, 6.45) is 0.288. The predicted octanol–water partition coefficient (Wildman–Crippen LogP) is 4.77. The molecule has 0 bridgehead atoms. The fourth-order valence-corrected chi connectivity index (χ4v) is 2.00. The molecule has 2 aromatic rings. The molecule has 0 fully saturated rings. The van der Waals surface area contributed by atoms with Crippen LogP contribution in [0.15, 0.2) is 54.6 Å². The molecule has 0 saturated carbocycles. The fraction of sp³-hybridized carbons (Fsp3) is 0.350. The molecule has 0 atom stereocenters. The van der Waals surface area contributed by atoms with Crippen LogP contribution in [0.3, 0.4) is 0 Å². The first-order valence-electron chi connectivity index (χ1n) is 8.35. The largest absolute Gasteiger partial charge is 0.494 e. The van der Waals surface area contributed by atoms with Crippen molar-refractivity contribution in [3.63, 3.8) is 0 Å². The average molecular weight is 343 g/mol. The predicted molar refractivity (Wildman–Crippen MR) is 97.3 cm³/mol. The van der Waals surface area contributed by atoms with E-state index in [1.807, 2.05) is 75.4 Å². The Morgan fingerprint density at radius 1 is 0.920 bits per heavy atom. The Morgan fingerprint density at radius 2 is 1.52 bits per heavy atom. The van der Waals surface area contributed by atoms with Gasteiger partial charge in [0.15, 0.2) is 0 Å². The minimum absolute atomic E-state index is 0.407. The van der Waals surface area contributed by atoms with Crippen LogP contribution >= 0.6 is 0 Å². The van der Waals surface area contributed by atoms with Gasteiger partial charge in [-0.3, -0.25) is 0 Å². The lowest BCUT2D eigenvalue weighted by Crippen LogP contribution is -2.33. The Balaban J connectivity index is 1.66. The quantitative estimate of drug-likeness (QED) is 0.736. The van der Waals surface area contributed by atoms with Crippen LogP contribution in [-0.4, -0.2) is 24.8 Å². The zero-order valence-electron chi connectivity index (χ0n) is 15.0. The summed E-state index contributed by atoms with van der Waals surface area (Å²) in [5.74, 6) is 2.31. The molecule has 0 aliphatic rings. The second-order valence-electron chi connectivity index (χ2n) is 6.52. The smallest absolute Gasteiger partial charge is 0.407 e. The van der Waals surface area contributed by atoms with Crippen LogP contribution in [0.4, 0.5) is 4.79 Å². The van der Waals surface area contributed by atoms with E-state index in [1.54, 1.807) is 0 Å². The number of carbonyl (C=O) groups is 1. The maximum atomic E-state index is 11.5. The summed E-state index contributed by atoms with van der Waals surface area (Å²) in [6, 6.07) is 17.1. The highest BCUT2D eigenvalue weighted by molar-refractivity contribution is 5.67. The second-order valence-corrected chi connectivity index (χ2v) is 6.52. The zero-order chi connectivity index (χ0) is 18.1. The molecule has 1 N–H and O–H groups in total. The van der Waals surface area contributed by atoms with Crippen LogP contribution in [0.5, 0.6) is 17.2 Å². The van der Waals surface area contributed by atoms with E-state index in [0.29, 0.717) is 19.6 Å². The van der Waals surface area contributed by atoms with Crippen molar-refractivity contribution in [2.75, 3.05) is 13.2 Å². The second kappa shape index (κ2) is 8.97. The number of ether oxygens (including phenoxy) is 3. The van der Waals surface area contributed by atoms with Crippen LogP contribution < -0.4 is 14.8 Å². The number of carbonyl (C=O) groups excluding carboxylic acids is 1. The van der Waals surface area contributed by atoms with Gasteiger partial charge in [0.1, 0.15) is 22.8 Å². The number of hydrogen-bond donors (Lipinski definition) is 1. The lowest BCUT2D eigenvalue weighted by molar-refractivity contribution is 0.0525. The van der Waals surface area contributed by atoms with Gasteiger partial charge in [0.2, 0.25) is 0 Å². The molecule has 0 aromatic heterocycles. The third-order valence-electron chi connectivity index (χ3n) is 3.06. The summed E-state index contributed by atoms with van der Waals surface area (Å²) >= 11 is 0. The third-order valence-corrected chi connectivity index (χ3v) is 3.06. The molecule has 0 heterocycles. The van der Waals surface area contributed by atoms with E-state index in [1.165, 1.54) is 0 Å². The number of para-hydroxylation sites is 1. The number of benzene rings is 2. The van der Waals surface area contributed by atoms with Gasteiger partial charge in [-0.05, 0) is 63.6 Å². The van der Waals surface area contributed by atoms with Gasteiger partial charge in [-0.15, -0.1) is 0 Å². The van der Waals surface area contributed by atoms with Crippen molar-refractivity contribution in [2.45, 2.75) is 32.8 Å². The Bertz CT molecular complexity index is 648. The molecular formula is C20H25NO4. The Morgan fingerprint density at radius 3 is 2.16 bits per heavy atom. The number of amides is 1. The summed E-state index contributed by atoms with van der Waals surface area (Å²) in [7, 11) is 0. The van der Waals surface area contributed by atoms with Crippen LogP contribution in [0.1, 0.15) is 27.2 Å². The van der Waals surface area contributed by atoms with Gasteiger partial charge < -0.3 is 19.5 Å². The Kier molecular flexibility index (Phi) is 6.69. The van der Waals surface area contributed by atoms with Crippen LogP contribution in [-0.2, 0) is 4.74 Å². The van der Waals surface area contributed by atoms with Crippen molar-refractivity contribution in [1.29, 1.82) is 0 Å². The fourth-order valence-electron chi connectivity index (χ4n) is 2.00. The molecule has 5 heteroatoms. The van der Waals surface area contributed by atoms with Gasteiger partial charge in [0.05, 0.1) is 6.61 Å². The summed E-state index contributed by atoms with van der Waals surface area (Å²) in [6.45, 7) is 6.52. The minimum atomic E-state index is -0.482. The van der Waals surface area contributed by atoms with E-state index in [9.17, 15) is 4.79 Å². The van der Waals surface area contributed by atoms with Crippen molar-refractivity contribution >= 4 is 6.09 Å². The minimum Gasteiger partial charge on any atom is -0.494 e. The molecule has 0 aliphatic carbocycles. The maximum Gasteiger partial charge on any atom is 0.407 e. The molecule has 134 valence electrons. The number of hydrogen-bond acceptors (Lipinski definition) is 4. The monoisotopic (exact) mass is 343 g/mol. The maximum absolute atomic E-state index is 11.5. The van der Waals surface area contributed by atoms with Gasteiger partial charge in [-0.25, -0.2) is 4.79 Å². The molecule has 0 saturated heterocycles. The Hall–Kier alpha value is -2.69. The van der Waals surface area contributed by atoms with Crippen molar-refractivity contribution in [1.82, 2.24) is 5.32 Å². The van der Waals surface area contributed by atoms with Crippen LogP contribution in [0.2, 0.25) is 0 Å². The molecule has 0 radical (unpaired) electrons.